The molecule has 1 amide bonds. The number of amides is 1. The van der Waals surface area contributed by atoms with Gasteiger partial charge in [-0.1, -0.05) is 20.8 Å². The van der Waals surface area contributed by atoms with E-state index in [2.05, 4.69) is 13.8 Å². The molecule has 100 valence electrons. The highest BCUT2D eigenvalue weighted by molar-refractivity contribution is 5.79. The molecule has 1 aromatic carbocycles. The molecular weight excluding hydrogens is 228 g/mol. The number of anilines is 1. The van der Waals surface area contributed by atoms with Gasteiger partial charge in [-0.3, -0.25) is 4.79 Å². The second kappa shape index (κ2) is 5.76. The summed E-state index contributed by atoms with van der Waals surface area (Å²) in [7, 11) is 0. The first kappa shape index (κ1) is 14.4. The van der Waals surface area contributed by atoms with Crippen LogP contribution in [0.1, 0.15) is 44.2 Å². The van der Waals surface area contributed by atoms with E-state index in [0.29, 0.717) is 12.2 Å². The maximum atomic E-state index is 11.2. The number of carbonyl (C=O) groups is 1. The van der Waals surface area contributed by atoms with Gasteiger partial charge in [0.1, 0.15) is 5.75 Å². The van der Waals surface area contributed by atoms with Crippen LogP contribution in [0.4, 0.5) is 5.69 Å². The summed E-state index contributed by atoms with van der Waals surface area (Å²) in [6.07, 6.45) is -0.0402. The molecule has 18 heavy (non-hydrogen) atoms. The Morgan fingerprint density at radius 1 is 1.39 bits per heavy atom. The molecular formula is C14H22N2O2. The van der Waals surface area contributed by atoms with Crippen molar-refractivity contribution in [1.82, 2.24) is 0 Å². The number of carbonyl (C=O) groups excluding carboxylic acids is 1. The maximum absolute atomic E-state index is 11.2. The van der Waals surface area contributed by atoms with Gasteiger partial charge in [-0.05, 0) is 42.5 Å². The highest BCUT2D eigenvalue weighted by Gasteiger charge is 2.18. The van der Waals surface area contributed by atoms with E-state index in [1.165, 1.54) is 0 Å². The highest BCUT2D eigenvalue weighted by atomic mass is 16.5. The van der Waals surface area contributed by atoms with Crippen molar-refractivity contribution < 1.29 is 9.53 Å². The molecule has 0 bridgehead atoms. The van der Waals surface area contributed by atoms with E-state index < -0.39 is 12.0 Å². The number of hydrogen-bond acceptors (Lipinski definition) is 3. The Morgan fingerprint density at radius 3 is 2.44 bits per heavy atom. The second-order valence-electron chi connectivity index (χ2n) is 4.82. The average Bonchev–Trinajstić information content (AvgIpc) is 2.29. The van der Waals surface area contributed by atoms with Crippen LogP contribution >= 0.6 is 0 Å². The molecule has 0 radical (unpaired) electrons. The molecule has 0 aromatic heterocycles. The van der Waals surface area contributed by atoms with Gasteiger partial charge < -0.3 is 16.2 Å². The SMILES string of the molecule is CCC(Oc1cc(C)c(N)cc1C(C)C)C(N)=O. The van der Waals surface area contributed by atoms with Crippen LogP contribution in [0.3, 0.4) is 0 Å². The number of benzene rings is 1. The molecule has 0 aliphatic rings. The number of ether oxygens (including phenoxy) is 1. The van der Waals surface area contributed by atoms with E-state index in [1.807, 2.05) is 26.0 Å². The minimum atomic E-state index is -0.592. The Kier molecular flexibility index (Phi) is 4.59. The molecule has 0 fully saturated rings. The molecule has 1 unspecified atom stereocenters. The van der Waals surface area contributed by atoms with Crippen molar-refractivity contribution >= 4 is 11.6 Å². The summed E-state index contributed by atoms with van der Waals surface area (Å²) >= 11 is 0. The van der Waals surface area contributed by atoms with Crippen molar-refractivity contribution in [2.45, 2.75) is 46.1 Å². The molecule has 1 atom stereocenters. The molecule has 0 aliphatic heterocycles. The van der Waals surface area contributed by atoms with Gasteiger partial charge in [0, 0.05) is 5.69 Å². The summed E-state index contributed by atoms with van der Waals surface area (Å²) in [5, 5.41) is 0. The zero-order chi connectivity index (χ0) is 13.9. The minimum Gasteiger partial charge on any atom is -0.480 e. The van der Waals surface area contributed by atoms with Crippen LogP contribution in [-0.4, -0.2) is 12.0 Å². The van der Waals surface area contributed by atoms with Crippen LogP contribution in [0.2, 0.25) is 0 Å². The summed E-state index contributed by atoms with van der Waals surface area (Å²) in [5.74, 6) is 0.525. The summed E-state index contributed by atoms with van der Waals surface area (Å²) in [4.78, 5) is 11.2. The first-order chi connectivity index (χ1) is 8.36. The van der Waals surface area contributed by atoms with E-state index in [4.69, 9.17) is 16.2 Å². The predicted octanol–water partition coefficient (Wildman–Crippen LogP) is 2.34. The summed E-state index contributed by atoms with van der Waals surface area (Å²) in [5.41, 5.74) is 13.9. The Hall–Kier alpha value is -1.71. The topological polar surface area (TPSA) is 78.3 Å². The van der Waals surface area contributed by atoms with Crippen molar-refractivity contribution in [3.8, 4) is 5.75 Å². The Labute approximate surface area is 108 Å². The van der Waals surface area contributed by atoms with E-state index in [1.54, 1.807) is 0 Å². The molecule has 1 rings (SSSR count). The first-order valence-electron chi connectivity index (χ1n) is 6.22. The van der Waals surface area contributed by atoms with Crippen molar-refractivity contribution in [2.24, 2.45) is 5.73 Å². The second-order valence-corrected chi connectivity index (χ2v) is 4.82. The van der Waals surface area contributed by atoms with Gasteiger partial charge in [0.2, 0.25) is 0 Å². The standard InChI is InChI=1S/C14H22N2O2/c1-5-12(14(16)17)18-13-6-9(4)11(15)7-10(13)8(2)3/h6-8,12H,5,15H2,1-4H3,(H2,16,17). The Morgan fingerprint density at radius 2 is 2.00 bits per heavy atom. The average molecular weight is 250 g/mol. The van der Waals surface area contributed by atoms with Crippen LogP contribution in [0.15, 0.2) is 12.1 Å². The minimum absolute atomic E-state index is 0.272. The van der Waals surface area contributed by atoms with Crippen LogP contribution in [0, 0.1) is 6.92 Å². The fourth-order valence-electron chi connectivity index (χ4n) is 1.76. The monoisotopic (exact) mass is 250 g/mol. The Bertz CT molecular complexity index is 442. The normalized spacial score (nSPS) is 12.5. The van der Waals surface area contributed by atoms with Gasteiger partial charge in [-0.2, -0.15) is 0 Å². The molecule has 0 spiro atoms. The van der Waals surface area contributed by atoms with Crippen LogP contribution in [0.5, 0.6) is 5.75 Å². The summed E-state index contributed by atoms with van der Waals surface area (Å²) < 4.78 is 5.72. The summed E-state index contributed by atoms with van der Waals surface area (Å²) in [6.45, 7) is 7.90. The third kappa shape index (κ3) is 3.15. The lowest BCUT2D eigenvalue weighted by molar-refractivity contribution is -0.124. The molecule has 4 nitrogen and oxygen atoms in total. The van der Waals surface area contributed by atoms with Crippen molar-refractivity contribution in [3.05, 3.63) is 23.3 Å². The van der Waals surface area contributed by atoms with Crippen LogP contribution in [-0.2, 0) is 4.79 Å². The molecule has 4 heteroatoms. The lowest BCUT2D eigenvalue weighted by atomic mass is 9.99. The molecule has 0 aliphatic carbocycles. The molecule has 4 N–H and O–H groups in total. The Balaban J connectivity index is 3.14. The largest absolute Gasteiger partial charge is 0.480 e. The lowest BCUT2D eigenvalue weighted by Crippen LogP contribution is -2.33. The zero-order valence-corrected chi connectivity index (χ0v) is 11.5. The third-order valence-corrected chi connectivity index (χ3v) is 2.98. The predicted molar refractivity (Wildman–Crippen MR) is 73.6 cm³/mol. The van der Waals surface area contributed by atoms with Crippen molar-refractivity contribution in [1.29, 1.82) is 0 Å². The van der Waals surface area contributed by atoms with Gasteiger partial charge >= 0.3 is 0 Å². The van der Waals surface area contributed by atoms with Gasteiger partial charge in [0.25, 0.3) is 5.91 Å². The quantitative estimate of drug-likeness (QED) is 0.787. The number of primary amides is 1. The number of rotatable bonds is 5. The number of nitrogens with two attached hydrogens (primary N) is 2. The van der Waals surface area contributed by atoms with Gasteiger partial charge in [-0.25, -0.2) is 0 Å². The smallest absolute Gasteiger partial charge is 0.258 e. The fraction of sp³-hybridized carbons (Fsp3) is 0.500. The molecule has 0 saturated carbocycles. The van der Waals surface area contributed by atoms with E-state index in [0.717, 1.165) is 16.8 Å². The number of aryl methyl sites for hydroxylation is 1. The molecule has 0 saturated heterocycles. The highest BCUT2D eigenvalue weighted by Crippen LogP contribution is 2.31. The van der Waals surface area contributed by atoms with Crippen molar-refractivity contribution in [2.75, 3.05) is 5.73 Å². The van der Waals surface area contributed by atoms with E-state index >= 15 is 0 Å². The van der Waals surface area contributed by atoms with Gasteiger partial charge in [0.05, 0.1) is 0 Å². The van der Waals surface area contributed by atoms with Gasteiger partial charge in [0.15, 0.2) is 6.10 Å². The zero-order valence-electron chi connectivity index (χ0n) is 11.5. The summed E-state index contributed by atoms with van der Waals surface area (Å²) in [6, 6.07) is 3.78. The van der Waals surface area contributed by atoms with Crippen LogP contribution < -0.4 is 16.2 Å². The van der Waals surface area contributed by atoms with E-state index in [-0.39, 0.29) is 5.92 Å². The maximum Gasteiger partial charge on any atom is 0.258 e. The fourth-order valence-corrected chi connectivity index (χ4v) is 1.76. The molecule has 1 aromatic rings. The molecule has 0 heterocycles. The lowest BCUT2D eigenvalue weighted by Gasteiger charge is -2.20. The van der Waals surface area contributed by atoms with E-state index in [9.17, 15) is 4.79 Å². The number of nitrogen functional groups attached to an aromatic ring is 1. The van der Waals surface area contributed by atoms with Gasteiger partial charge in [-0.15, -0.1) is 0 Å². The third-order valence-electron chi connectivity index (χ3n) is 2.98. The first-order valence-corrected chi connectivity index (χ1v) is 6.22. The number of hydrogen-bond donors (Lipinski definition) is 2. The van der Waals surface area contributed by atoms with Crippen LogP contribution in [0.25, 0.3) is 0 Å². The van der Waals surface area contributed by atoms with Crippen molar-refractivity contribution in [3.63, 3.8) is 0 Å².